The van der Waals surface area contributed by atoms with E-state index in [4.69, 9.17) is 4.42 Å². The third kappa shape index (κ3) is 4.51. The topological polar surface area (TPSA) is 101 Å². The zero-order valence-electron chi connectivity index (χ0n) is 17.1. The summed E-state index contributed by atoms with van der Waals surface area (Å²) >= 11 is 0. The highest BCUT2D eigenvalue weighted by atomic mass is 16.3. The summed E-state index contributed by atoms with van der Waals surface area (Å²) in [5, 5.41) is 11.2. The number of H-pyrrole nitrogens is 1. The molecule has 1 unspecified atom stereocenters. The van der Waals surface area contributed by atoms with Crippen LogP contribution in [0.4, 0.5) is 0 Å². The number of carbonyl (C=O) groups is 1. The lowest BCUT2D eigenvalue weighted by atomic mass is 9.69. The van der Waals surface area contributed by atoms with E-state index in [0.29, 0.717) is 18.1 Å². The third-order valence-electron chi connectivity index (χ3n) is 5.85. The van der Waals surface area contributed by atoms with E-state index in [1.807, 2.05) is 6.92 Å². The van der Waals surface area contributed by atoms with Crippen molar-refractivity contribution in [1.82, 2.24) is 20.5 Å². The fraction of sp³-hybridized carbons (Fsp3) is 0.619. The van der Waals surface area contributed by atoms with Gasteiger partial charge in [0.15, 0.2) is 17.3 Å². The van der Waals surface area contributed by atoms with Crippen molar-refractivity contribution in [3.05, 3.63) is 34.4 Å². The molecule has 2 aromatic rings. The Morgan fingerprint density at radius 1 is 1.29 bits per heavy atom. The molecule has 28 heavy (non-hydrogen) atoms. The van der Waals surface area contributed by atoms with Gasteiger partial charge >= 0.3 is 0 Å². The Morgan fingerprint density at radius 2 is 2.00 bits per heavy atom. The number of hydrogen-bond donors (Lipinski definition) is 2. The van der Waals surface area contributed by atoms with Crippen molar-refractivity contribution < 1.29 is 9.21 Å². The van der Waals surface area contributed by atoms with Crippen LogP contribution in [0.5, 0.6) is 0 Å². The van der Waals surface area contributed by atoms with E-state index in [1.54, 1.807) is 12.1 Å². The molecule has 152 valence electrons. The van der Waals surface area contributed by atoms with Gasteiger partial charge in [-0.1, -0.05) is 27.7 Å². The van der Waals surface area contributed by atoms with Crippen molar-refractivity contribution in [2.45, 2.75) is 65.8 Å². The molecule has 0 bridgehead atoms. The first-order valence-electron chi connectivity index (χ1n) is 10.1. The van der Waals surface area contributed by atoms with Gasteiger partial charge in [-0.25, -0.2) is 0 Å². The minimum absolute atomic E-state index is 0.00193. The van der Waals surface area contributed by atoms with Crippen LogP contribution in [0, 0.1) is 17.3 Å². The number of carbonyl (C=O) groups excluding carboxylic acids is 1. The quantitative estimate of drug-likeness (QED) is 0.813. The molecule has 1 aliphatic rings. The molecule has 7 heteroatoms. The Bertz CT molecular complexity index is 843. The van der Waals surface area contributed by atoms with E-state index < -0.39 is 6.04 Å². The largest absolute Gasteiger partial charge is 0.461 e. The molecule has 0 saturated heterocycles. The molecule has 2 heterocycles. The van der Waals surface area contributed by atoms with Crippen molar-refractivity contribution in [2.24, 2.45) is 17.3 Å². The minimum Gasteiger partial charge on any atom is -0.461 e. The van der Waals surface area contributed by atoms with E-state index in [9.17, 15) is 9.59 Å². The lowest BCUT2D eigenvalue weighted by Gasteiger charge is -2.36. The zero-order valence-corrected chi connectivity index (χ0v) is 17.1. The average molecular weight is 386 g/mol. The van der Waals surface area contributed by atoms with Crippen molar-refractivity contribution in [1.29, 1.82) is 0 Å². The first-order valence-corrected chi connectivity index (χ1v) is 10.1. The molecule has 0 radical (unpaired) electrons. The minimum atomic E-state index is -0.449. The molecule has 1 amide bonds. The maximum atomic E-state index is 12.8. The fourth-order valence-corrected chi connectivity index (χ4v) is 3.97. The summed E-state index contributed by atoms with van der Waals surface area (Å²) in [6, 6.07) is 2.97. The van der Waals surface area contributed by atoms with Crippen molar-refractivity contribution in [3.63, 3.8) is 0 Å². The number of rotatable bonds is 5. The number of aromatic nitrogens is 3. The van der Waals surface area contributed by atoms with Crippen molar-refractivity contribution in [3.8, 4) is 11.6 Å². The lowest BCUT2D eigenvalue weighted by molar-refractivity contribution is -0.127. The zero-order chi connectivity index (χ0) is 20.3. The summed E-state index contributed by atoms with van der Waals surface area (Å²) in [5.41, 5.74) is 0.158. The molecule has 1 fully saturated rings. The first kappa shape index (κ1) is 20.3. The second-order valence-corrected chi connectivity index (χ2v) is 8.75. The van der Waals surface area contributed by atoms with Gasteiger partial charge in [-0.2, -0.15) is 0 Å². The summed E-state index contributed by atoms with van der Waals surface area (Å²) in [7, 11) is 0. The van der Waals surface area contributed by atoms with Gasteiger partial charge in [-0.05, 0) is 55.6 Å². The van der Waals surface area contributed by atoms with Crippen LogP contribution in [0.15, 0.2) is 27.6 Å². The van der Waals surface area contributed by atoms with E-state index in [1.165, 1.54) is 6.26 Å². The Balaban J connectivity index is 1.66. The van der Waals surface area contributed by atoms with Crippen LogP contribution >= 0.6 is 0 Å². The van der Waals surface area contributed by atoms with Gasteiger partial charge in [0, 0.05) is 5.92 Å². The molecule has 1 aliphatic carbocycles. The van der Waals surface area contributed by atoms with Gasteiger partial charge in [0.05, 0.1) is 12.3 Å². The van der Waals surface area contributed by atoms with E-state index in [0.717, 1.165) is 25.7 Å². The molecule has 1 atom stereocenters. The number of amides is 1. The lowest BCUT2D eigenvalue weighted by Crippen LogP contribution is -2.39. The highest BCUT2D eigenvalue weighted by molar-refractivity contribution is 5.79. The summed E-state index contributed by atoms with van der Waals surface area (Å²) in [4.78, 5) is 28.0. The summed E-state index contributed by atoms with van der Waals surface area (Å²) in [6.45, 7) is 8.72. The second-order valence-electron chi connectivity index (χ2n) is 8.75. The molecule has 1 saturated carbocycles. The third-order valence-corrected chi connectivity index (χ3v) is 5.85. The Labute approximate surface area is 165 Å². The predicted molar refractivity (Wildman–Crippen MR) is 106 cm³/mol. The molecule has 2 aromatic heterocycles. The number of nitrogens with zero attached hydrogens (tertiary/aromatic N) is 2. The normalized spacial score (nSPS) is 21.3. The summed E-state index contributed by atoms with van der Waals surface area (Å²) < 4.78 is 5.24. The summed E-state index contributed by atoms with van der Waals surface area (Å²) in [5.74, 6) is 1.39. The summed E-state index contributed by atoms with van der Waals surface area (Å²) in [6.07, 6.45) is 5.99. The predicted octanol–water partition coefficient (Wildman–Crippen LogP) is 3.84. The highest BCUT2D eigenvalue weighted by Crippen LogP contribution is 2.40. The van der Waals surface area contributed by atoms with Crippen molar-refractivity contribution in [2.75, 3.05) is 0 Å². The first-order chi connectivity index (χ1) is 13.3. The molecule has 0 spiro atoms. The van der Waals surface area contributed by atoms with Crippen LogP contribution in [0.25, 0.3) is 11.6 Å². The number of furan rings is 1. The van der Waals surface area contributed by atoms with E-state index >= 15 is 0 Å². The van der Waals surface area contributed by atoms with Gasteiger partial charge < -0.3 is 14.7 Å². The molecular weight excluding hydrogens is 356 g/mol. The average Bonchev–Trinajstić information content (AvgIpc) is 3.20. The Hall–Kier alpha value is -2.44. The van der Waals surface area contributed by atoms with Crippen LogP contribution in [-0.2, 0) is 4.79 Å². The SMILES string of the molecule is CCC(NC(=O)C1CCC(C(C)(C)C)CC1)c1nnc(-c2ccco2)[nH]c1=O. The maximum Gasteiger partial charge on any atom is 0.275 e. The number of nitrogens with one attached hydrogen (secondary N) is 2. The van der Waals surface area contributed by atoms with Crippen LogP contribution < -0.4 is 10.9 Å². The van der Waals surface area contributed by atoms with Gasteiger partial charge in [-0.15, -0.1) is 10.2 Å². The van der Waals surface area contributed by atoms with Crippen molar-refractivity contribution >= 4 is 5.91 Å². The molecule has 0 aromatic carbocycles. The molecule has 2 N–H and O–H groups in total. The highest BCUT2D eigenvalue weighted by Gasteiger charge is 2.33. The monoisotopic (exact) mass is 386 g/mol. The van der Waals surface area contributed by atoms with Gasteiger partial charge in [0.1, 0.15) is 0 Å². The van der Waals surface area contributed by atoms with Gasteiger partial charge in [0.25, 0.3) is 5.56 Å². The molecule has 3 rings (SSSR count). The Morgan fingerprint density at radius 3 is 2.54 bits per heavy atom. The molecule has 0 aliphatic heterocycles. The number of hydrogen-bond acceptors (Lipinski definition) is 5. The fourth-order valence-electron chi connectivity index (χ4n) is 3.97. The maximum absolute atomic E-state index is 12.8. The smallest absolute Gasteiger partial charge is 0.275 e. The Kier molecular flexibility index (Phi) is 6.01. The van der Waals surface area contributed by atoms with Crippen LogP contribution in [-0.4, -0.2) is 21.1 Å². The molecular formula is C21H30N4O3. The van der Waals surface area contributed by atoms with Gasteiger partial charge in [-0.3, -0.25) is 9.59 Å². The van der Waals surface area contributed by atoms with Crippen LogP contribution in [0.2, 0.25) is 0 Å². The van der Waals surface area contributed by atoms with E-state index in [-0.39, 0.29) is 34.3 Å². The standard InChI is InChI=1S/C21H30N4O3/c1-5-15(17-20(27)23-18(25-24-17)16-7-6-12-28-16)22-19(26)13-8-10-14(11-9-13)21(2,3)4/h6-7,12-15H,5,8-11H2,1-4H3,(H,22,26)(H,23,25,27). The molecule has 7 nitrogen and oxygen atoms in total. The van der Waals surface area contributed by atoms with E-state index in [2.05, 4.69) is 41.3 Å². The van der Waals surface area contributed by atoms with Crippen LogP contribution in [0.1, 0.15) is 71.5 Å². The van der Waals surface area contributed by atoms with Gasteiger partial charge in [0.2, 0.25) is 5.91 Å². The number of aromatic amines is 1. The second kappa shape index (κ2) is 8.29. The van der Waals surface area contributed by atoms with Crippen LogP contribution in [0.3, 0.4) is 0 Å².